The van der Waals surface area contributed by atoms with Crippen LogP contribution in [0.15, 0.2) is 42.5 Å². The minimum Gasteiger partial charge on any atom is -0.306 e. The number of hydrogen-bond donors (Lipinski definition) is 1. The van der Waals surface area contributed by atoms with E-state index in [1.165, 1.54) is 11.1 Å². The molecule has 0 aliphatic rings. The molecule has 0 bridgehead atoms. The van der Waals surface area contributed by atoms with Gasteiger partial charge in [-0.2, -0.15) is 0 Å². The molecule has 0 saturated heterocycles. The molecule has 1 atom stereocenters. The van der Waals surface area contributed by atoms with Crippen LogP contribution < -0.4 is 5.32 Å². The molecule has 0 aliphatic heterocycles. The second-order valence-electron chi connectivity index (χ2n) is 5.52. The highest BCUT2D eigenvalue weighted by atomic mass is 16.6. The number of aryl methyl sites for hydroxylation is 1. The van der Waals surface area contributed by atoms with Crippen molar-refractivity contribution >= 4 is 5.69 Å². The zero-order valence-electron chi connectivity index (χ0n) is 13.3. The normalized spacial score (nSPS) is 12.1. The van der Waals surface area contributed by atoms with Gasteiger partial charge in [-0.05, 0) is 37.0 Å². The lowest BCUT2D eigenvalue weighted by Gasteiger charge is -2.16. The average molecular weight is 298 g/mol. The summed E-state index contributed by atoms with van der Waals surface area (Å²) in [7, 11) is 0. The average Bonchev–Trinajstić information content (AvgIpc) is 2.53. The number of benzene rings is 2. The van der Waals surface area contributed by atoms with Gasteiger partial charge in [-0.3, -0.25) is 10.1 Å². The molecule has 4 nitrogen and oxygen atoms in total. The third kappa shape index (κ3) is 3.71. The number of hydrogen-bond acceptors (Lipinski definition) is 3. The molecule has 0 heterocycles. The lowest BCUT2D eigenvalue weighted by Crippen LogP contribution is -2.18. The van der Waals surface area contributed by atoms with Crippen LogP contribution in [0.3, 0.4) is 0 Å². The van der Waals surface area contributed by atoms with Gasteiger partial charge in [0.15, 0.2) is 0 Å². The van der Waals surface area contributed by atoms with Crippen LogP contribution in [0.25, 0.3) is 0 Å². The highest BCUT2D eigenvalue weighted by Gasteiger charge is 2.13. The smallest absolute Gasteiger partial charge is 0.272 e. The second kappa shape index (κ2) is 7.18. The van der Waals surface area contributed by atoms with Crippen LogP contribution in [0.2, 0.25) is 0 Å². The van der Waals surface area contributed by atoms with Crippen molar-refractivity contribution in [2.45, 2.75) is 39.8 Å². The number of nitrogens with one attached hydrogen (secondary N) is 1. The Bertz CT molecular complexity index is 651. The molecule has 0 fully saturated rings. The van der Waals surface area contributed by atoms with Crippen molar-refractivity contribution in [3.8, 4) is 0 Å². The molecule has 1 N–H and O–H groups in total. The van der Waals surface area contributed by atoms with E-state index >= 15 is 0 Å². The van der Waals surface area contributed by atoms with Crippen molar-refractivity contribution in [3.05, 3.63) is 74.8 Å². The first kappa shape index (κ1) is 16.2. The van der Waals surface area contributed by atoms with Crippen molar-refractivity contribution in [3.63, 3.8) is 0 Å². The maximum Gasteiger partial charge on any atom is 0.272 e. The number of nitro groups is 1. The fraction of sp³-hybridized carbons (Fsp3) is 0.333. The molecule has 2 rings (SSSR count). The van der Waals surface area contributed by atoms with Crippen LogP contribution in [0.1, 0.15) is 42.1 Å². The number of rotatable bonds is 6. The second-order valence-corrected chi connectivity index (χ2v) is 5.52. The fourth-order valence-corrected chi connectivity index (χ4v) is 2.48. The molecule has 0 radical (unpaired) electrons. The molecular formula is C18H22N2O2. The summed E-state index contributed by atoms with van der Waals surface area (Å²) >= 11 is 0. The van der Waals surface area contributed by atoms with Gasteiger partial charge in [-0.25, -0.2) is 0 Å². The summed E-state index contributed by atoms with van der Waals surface area (Å²) in [5.74, 6) is 0. The van der Waals surface area contributed by atoms with Gasteiger partial charge >= 0.3 is 0 Å². The van der Waals surface area contributed by atoms with Gasteiger partial charge in [0.25, 0.3) is 5.69 Å². The fourth-order valence-electron chi connectivity index (χ4n) is 2.48. The van der Waals surface area contributed by atoms with Crippen LogP contribution in [-0.4, -0.2) is 4.92 Å². The Kier molecular flexibility index (Phi) is 5.28. The van der Waals surface area contributed by atoms with Crippen LogP contribution in [-0.2, 0) is 13.0 Å². The highest BCUT2D eigenvalue weighted by molar-refractivity contribution is 5.44. The molecule has 1 unspecified atom stereocenters. The zero-order valence-corrected chi connectivity index (χ0v) is 13.3. The van der Waals surface area contributed by atoms with Crippen molar-refractivity contribution in [1.82, 2.24) is 5.32 Å². The molecule has 0 saturated carbocycles. The molecule has 2 aromatic rings. The van der Waals surface area contributed by atoms with Crippen LogP contribution in [0.5, 0.6) is 0 Å². The molecule has 0 aromatic heterocycles. The predicted molar refractivity (Wildman–Crippen MR) is 88.9 cm³/mol. The molecule has 116 valence electrons. The standard InChI is InChI=1S/C18H22N2O2/c1-4-15-8-10-16(11-9-15)14(3)19-12-17-6-5-7-18(13(17)2)20(21)22/h5-11,14,19H,4,12H2,1-3H3. The Hall–Kier alpha value is -2.20. The molecule has 2 aromatic carbocycles. The molecule has 22 heavy (non-hydrogen) atoms. The summed E-state index contributed by atoms with van der Waals surface area (Å²) in [5.41, 5.74) is 4.42. The van der Waals surface area contributed by atoms with E-state index in [0.717, 1.165) is 17.5 Å². The lowest BCUT2D eigenvalue weighted by molar-refractivity contribution is -0.385. The Morgan fingerprint density at radius 3 is 2.45 bits per heavy atom. The maximum atomic E-state index is 11.0. The zero-order chi connectivity index (χ0) is 16.1. The summed E-state index contributed by atoms with van der Waals surface area (Å²) in [6.45, 7) is 6.66. The van der Waals surface area contributed by atoms with E-state index in [9.17, 15) is 10.1 Å². The number of nitrogens with zero attached hydrogens (tertiary/aromatic N) is 1. The van der Waals surface area contributed by atoms with Gasteiger partial charge < -0.3 is 5.32 Å². The van der Waals surface area contributed by atoms with Gasteiger partial charge in [0.05, 0.1) is 4.92 Å². The molecular weight excluding hydrogens is 276 g/mol. The van der Waals surface area contributed by atoms with Crippen molar-refractivity contribution in [1.29, 1.82) is 0 Å². The minimum atomic E-state index is -0.328. The summed E-state index contributed by atoms with van der Waals surface area (Å²) < 4.78 is 0. The highest BCUT2D eigenvalue weighted by Crippen LogP contribution is 2.22. The maximum absolute atomic E-state index is 11.0. The van der Waals surface area contributed by atoms with Crippen LogP contribution >= 0.6 is 0 Å². The Morgan fingerprint density at radius 1 is 1.18 bits per heavy atom. The van der Waals surface area contributed by atoms with E-state index in [1.807, 2.05) is 6.07 Å². The van der Waals surface area contributed by atoms with Crippen molar-refractivity contribution < 1.29 is 4.92 Å². The monoisotopic (exact) mass is 298 g/mol. The van der Waals surface area contributed by atoms with Gasteiger partial charge in [-0.1, -0.05) is 43.3 Å². The SMILES string of the molecule is CCc1ccc(C(C)NCc2cccc([N+](=O)[O-])c2C)cc1. The van der Waals surface area contributed by atoms with E-state index in [-0.39, 0.29) is 16.7 Å². The Labute approximate surface area is 131 Å². The molecule has 0 spiro atoms. The van der Waals surface area contributed by atoms with E-state index < -0.39 is 0 Å². The first-order valence-electron chi connectivity index (χ1n) is 7.58. The van der Waals surface area contributed by atoms with Crippen LogP contribution in [0, 0.1) is 17.0 Å². The largest absolute Gasteiger partial charge is 0.306 e. The predicted octanol–water partition coefficient (Wildman–Crippen LogP) is 4.32. The third-order valence-corrected chi connectivity index (χ3v) is 4.10. The Morgan fingerprint density at radius 2 is 1.86 bits per heavy atom. The third-order valence-electron chi connectivity index (χ3n) is 4.10. The Balaban J connectivity index is 2.06. The first-order chi connectivity index (χ1) is 10.5. The van der Waals surface area contributed by atoms with Crippen molar-refractivity contribution in [2.75, 3.05) is 0 Å². The van der Waals surface area contributed by atoms with Crippen LogP contribution in [0.4, 0.5) is 5.69 Å². The van der Waals surface area contributed by atoms with E-state index in [1.54, 1.807) is 19.1 Å². The minimum absolute atomic E-state index is 0.180. The van der Waals surface area contributed by atoms with Gasteiger partial charge in [0, 0.05) is 24.2 Å². The van der Waals surface area contributed by atoms with E-state index in [4.69, 9.17) is 0 Å². The first-order valence-corrected chi connectivity index (χ1v) is 7.58. The van der Waals surface area contributed by atoms with Gasteiger partial charge in [-0.15, -0.1) is 0 Å². The quantitative estimate of drug-likeness (QED) is 0.638. The topological polar surface area (TPSA) is 55.2 Å². The summed E-state index contributed by atoms with van der Waals surface area (Å²) in [6, 6.07) is 14.0. The number of nitro benzene ring substituents is 1. The van der Waals surface area contributed by atoms with Gasteiger partial charge in [0.1, 0.15) is 0 Å². The van der Waals surface area contributed by atoms with Gasteiger partial charge in [0.2, 0.25) is 0 Å². The summed E-state index contributed by atoms with van der Waals surface area (Å²) in [4.78, 5) is 10.7. The van der Waals surface area contributed by atoms with E-state index in [0.29, 0.717) is 6.54 Å². The molecule has 0 aliphatic carbocycles. The van der Waals surface area contributed by atoms with Crippen molar-refractivity contribution in [2.24, 2.45) is 0 Å². The summed E-state index contributed by atoms with van der Waals surface area (Å²) in [5, 5.41) is 14.4. The van der Waals surface area contributed by atoms with E-state index in [2.05, 4.69) is 43.4 Å². The molecule has 0 amide bonds. The summed E-state index contributed by atoms with van der Waals surface area (Å²) in [6.07, 6.45) is 1.04. The lowest BCUT2D eigenvalue weighted by atomic mass is 10.0. The molecule has 4 heteroatoms.